The molecule has 4 rings (SSSR count). The number of hydrogen-bond acceptors (Lipinski definition) is 12. The second-order valence-corrected chi connectivity index (χ2v) is 16.9. The van der Waals surface area contributed by atoms with Crippen molar-refractivity contribution >= 4 is 5.91 Å². The monoisotopic (exact) mass is 728 g/mol. The Bertz CT molecular complexity index is 1230. The van der Waals surface area contributed by atoms with Crippen LogP contribution in [0.3, 0.4) is 0 Å². The lowest BCUT2D eigenvalue weighted by Crippen LogP contribution is -2.61. The molecular weight excluding hydrogens is 660 g/mol. The van der Waals surface area contributed by atoms with E-state index in [1.807, 2.05) is 60.5 Å². The zero-order chi connectivity index (χ0) is 38.4. The van der Waals surface area contributed by atoms with Gasteiger partial charge in [-0.15, -0.1) is 0 Å². The van der Waals surface area contributed by atoms with Gasteiger partial charge in [0.25, 0.3) is 0 Å². The molecule has 4 unspecified atom stereocenters. The van der Waals surface area contributed by atoms with Crippen molar-refractivity contribution < 1.29 is 53.6 Å². The van der Waals surface area contributed by atoms with Crippen molar-refractivity contribution in [2.75, 3.05) is 21.2 Å². The fraction of sp³-hybridized carbons (Fsp3) is 0.921. The number of amides is 1. The Morgan fingerprint density at radius 1 is 0.980 bits per heavy atom. The first-order valence-corrected chi connectivity index (χ1v) is 18.9. The predicted molar refractivity (Wildman–Crippen MR) is 190 cm³/mol. The smallest absolute Gasteiger partial charge is 0.225 e. The summed E-state index contributed by atoms with van der Waals surface area (Å²) in [5, 5.41) is 49.3. The standard InChI is InChI=1S/C38H68N2O11/c1-14-15-26-38(10,45)31(42)21(4)29-19(2)17-37(9,51-29)33(50-35-28(41)25(40(11)12)16-20(3)47-35)22(5)30(23(6)34(44)39-26)49-27-18-36(8,46-13)32(43)24(7)48-27/h20-28,30-33,35,41-43,45H,14-18H2,1-13H3,(H,39,44)/t20-,21+,22+,23-,24+,25+,26?,27?,28-,30+,31-,32?,33-,35?,36-,37-,38-/m1/s1. The topological polar surface area (TPSA) is 169 Å². The van der Waals surface area contributed by atoms with Crippen molar-refractivity contribution in [3.8, 4) is 0 Å². The molecule has 5 N–H and O–H groups in total. The third-order valence-electron chi connectivity index (χ3n) is 12.3. The molecule has 0 aromatic rings. The van der Waals surface area contributed by atoms with Gasteiger partial charge in [-0.1, -0.05) is 34.1 Å². The SMILES string of the molecule is CCCC1NC(=O)[C@H](C)[C@@H](OC2C[C@@](C)(OC)C(O)[C@H](C)O2)[C@H](C)[C@@H](OC2O[C@H](C)C[C@H](N(C)C)[C@H]2O)[C@@]2(C)CC(C)=C(O2)[C@H](C)[C@@H](O)[C@]1(C)O. The number of carbonyl (C=O) groups excluding carboxylic acids is 1. The van der Waals surface area contributed by atoms with Gasteiger partial charge in [0, 0.05) is 37.8 Å². The Morgan fingerprint density at radius 2 is 1.63 bits per heavy atom. The van der Waals surface area contributed by atoms with Crippen molar-refractivity contribution in [3.05, 3.63) is 11.3 Å². The van der Waals surface area contributed by atoms with Crippen LogP contribution in [0, 0.1) is 17.8 Å². The van der Waals surface area contributed by atoms with Gasteiger partial charge in [0.15, 0.2) is 12.6 Å². The van der Waals surface area contributed by atoms with E-state index in [-0.39, 0.29) is 24.5 Å². The second-order valence-electron chi connectivity index (χ2n) is 16.9. The number of nitrogens with one attached hydrogen (secondary N) is 1. The van der Waals surface area contributed by atoms with Gasteiger partial charge in [-0.3, -0.25) is 4.79 Å². The maximum Gasteiger partial charge on any atom is 0.225 e. The summed E-state index contributed by atoms with van der Waals surface area (Å²) in [4.78, 5) is 16.3. The van der Waals surface area contributed by atoms with Crippen LogP contribution in [0.2, 0.25) is 0 Å². The molecular formula is C38H68N2O11. The quantitative estimate of drug-likeness (QED) is 0.248. The number of fused-ring (bicyclic) bond motifs is 2. The molecule has 51 heavy (non-hydrogen) atoms. The van der Waals surface area contributed by atoms with Crippen LogP contribution in [0.1, 0.15) is 101 Å². The minimum Gasteiger partial charge on any atom is -0.489 e. The Labute approximate surface area is 305 Å². The lowest BCUT2D eigenvalue weighted by atomic mass is 9.77. The van der Waals surface area contributed by atoms with Gasteiger partial charge < -0.3 is 59.1 Å². The Balaban J connectivity index is 1.85. The highest BCUT2D eigenvalue weighted by Crippen LogP contribution is 2.47. The van der Waals surface area contributed by atoms with E-state index in [2.05, 4.69) is 5.32 Å². The second kappa shape index (κ2) is 16.1. The van der Waals surface area contributed by atoms with Crippen molar-refractivity contribution in [1.82, 2.24) is 10.2 Å². The lowest BCUT2D eigenvalue weighted by molar-refractivity contribution is -0.316. The molecule has 2 bridgehead atoms. The first-order chi connectivity index (χ1) is 23.6. The molecule has 4 aliphatic heterocycles. The third-order valence-corrected chi connectivity index (χ3v) is 12.3. The predicted octanol–water partition coefficient (Wildman–Crippen LogP) is 2.86. The van der Waals surface area contributed by atoms with Crippen molar-refractivity contribution in [2.24, 2.45) is 17.8 Å². The van der Waals surface area contributed by atoms with E-state index in [0.717, 1.165) is 5.57 Å². The molecule has 0 aromatic heterocycles. The molecule has 4 aliphatic rings. The Hall–Kier alpha value is -1.39. The Morgan fingerprint density at radius 3 is 2.22 bits per heavy atom. The first-order valence-electron chi connectivity index (χ1n) is 18.9. The highest BCUT2D eigenvalue weighted by molar-refractivity contribution is 5.79. The molecule has 0 spiro atoms. The molecule has 3 fully saturated rings. The third kappa shape index (κ3) is 8.48. The fourth-order valence-corrected chi connectivity index (χ4v) is 9.00. The molecule has 1 amide bonds. The zero-order valence-corrected chi connectivity index (χ0v) is 33.2. The largest absolute Gasteiger partial charge is 0.489 e. The van der Waals surface area contributed by atoms with Crippen LogP contribution in [0.5, 0.6) is 0 Å². The van der Waals surface area contributed by atoms with Crippen molar-refractivity contribution in [3.63, 3.8) is 0 Å². The number of hydrogen-bond donors (Lipinski definition) is 5. The van der Waals surface area contributed by atoms with Crippen molar-refractivity contribution in [2.45, 2.75) is 186 Å². The number of ether oxygens (including phenoxy) is 6. The number of rotatable bonds is 8. The molecule has 0 saturated carbocycles. The maximum absolute atomic E-state index is 14.3. The molecule has 13 heteroatoms. The lowest BCUT2D eigenvalue weighted by Gasteiger charge is -2.48. The highest BCUT2D eigenvalue weighted by Gasteiger charge is 2.55. The molecule has 3 saturated heterocycles. The Kier molecular flexibility index (Phi) is 13.4. The minimum absolute atomic E-state index is 0.194. The number of likely N-dealkylation sites (N-methyl/N-ethyl adjacent to an activating group) is 1. The first kappa shape index (κ1) is 42.4. The molecule has 17 atom stereocenters. The van der Waals surface area contributed by atoms with E-state index < -0.39 is 89.8 Å². The normalized spacial score (nSPS) is 48.8. The van der Waals surface area contributed by atoms with Crippen LogP contribution in [0.25, 0.3) is 0 Å². The average molecular weight is 729 g/mol. The zero-order valence-electron chi connectivity index (χ0n) is 33.2. The molecule has 296 valence electrons. The average Bonchev–Trinajstić information content (AvgIpc) is 3.38. The summed E-state index contributed by atoms with van der Waals surface area (Å²) in [5.41, 5.74) is -2.83. The molecule has 0 radical (unpaired) electrons. The van der Waals surface area contributed by atoms with Gasteiger partial charge in [0.05, 0.1) is 42.0 Å². The van der Waals surface area contributed by atoms with Gasteiger partial charge in [0.1, 0.15) is 35.3 Å². The number of carbonyl (C=O) groups is 1. The number of aliphatic hydroxyl groups excluding tert-OH is 3. The van der Waals surface area contributed by atoms with Crippen LogP contribution in [0.4, 0.5) is 0 Å². The summed E-state index contributed by atoms with van der Waals surface area (Å²) in [6.07, 6.45) is -5.22. The molecule has 4 heterocycles. The molecule has 0 aliphatic carbocycles. The van der Waals surface area contributed by atoms with Crippen LogP contribution < -0.4 is 5.32 Å². The summed E-state index contributed by atoms with van der Waals surface area (Å²) in [6, 6.07) is -1.00. The maximum atomic E-state index is 14.3. The van der Waals surface area contributed by atoms with Gasteiger partial charge in [-0.05, 0) is 74.1 Å². The van der Waals surface area contributed by atoms with Crippen LogP contribution >= 0.6 is 0 Å². The van der Waals surface area contributed by atoms with Crippen LogP contribution in [-0.2, 0) is 33.2 Å². The van der Waals surface area contributed by atoms with E-state index in [0.29, 0.717) is 31.4 Å². The van der Waals surface area contributed by atoms with E-state index in [1.54, 1.807) is 27.7 Å². The van der Waals surface area contributed by atoms with Crippen LogP contribution in [-0.4, -0.2) is 137 Å². The molecule has 13 nitrogen and oxygen atoms in total. The van der Waals surface area contributed by atoms with E-state index in [4.69, 9.17) is 28.4 Å². The van der Waals surface area contributed by atoms with Gasteiger partial charge >= 0.3 is 0 Å². The van der Waals surface area contributed by atoms with E-state index in [1.165, 1.54) is 7.11 Å². The number of methoxy groups -OCH3 is 1. The number of aliphatic hydroxyl groups is 4. The van der Waals surface area contributed by atoms with Gasteiger partial charge in [-0.25, -0.2) is 0 Å². The molecule has 0 aromatic carbocycles. The minimum atomic E-state index is -1.71. The number of nitrogens with zero attached hydrogens (tertiary/aromatic N) is 1. The highest BCUT2D eigenvalue weighted by atomic mass is 16.7. The fourth-order valence-electron chi connectivity index (χ4n) is 9.00. The summed E-state index contributed by atoms with van der Waals surface area (Å²) >= 11 is 0. The van der Waals surface area contributed by atoms with E-state index >= 15 is 0 Å². The van der Waals surface area contributed by atoms with Gasteiger partial charge in [0.2, 0.25) is 5.91 Å². The summed E-state index contributed by atoms with van der Waals surface area (Å²) in [6.45, 7) is 18.5. The summed E-state index contributed by atoms with van der Waals surface area (Å²) in [7, 11) is 5.37. The van der Waals surface area contributed by atoms with Crippen molar-refractivity contribution in [1.29, 1.82) is 0 Å². The van der Waals surface area contributed by atoms with E-state index in [9.17, 15) is 25.2 Å². The summed E-state index contributed by atoms with van der Waals surface area (Å²) in [5.74, 6) is -1.83. The van der Waals surface area contributed by atoms with Gasteiger partial charge in [-0.2, -0.15) is 0 Å². The van der Waals surface area contributed by atoms with Crippen LogP contribution in [0.15, 0.2) is 11.3 Å². The summed E-state index contributed by atoms with van der Waals surface area (Å²) < 4.78 is 38.9.